The average Bonchev–Trinajstić information content (AvgIpc) is 2.77. The Morgan fingerprint density at radius 3 is 2.81 bits per heavy atom. The number of anilines is 2. The monoisotopic (exact) mass is 420 g/mol. The number of piperidine rings is 1. The maximum absolute atomic E-state index is 12.7. The Morgan fingerprint density at radius 2 is 2.06 bits per heavy atom. The van der Waals surface area contributed by atoms with Crippen molar-refractivity contribution in [2.75, 3.05) is 23.3 Å². The summed E-state index contributed by atoms with van der Waals surface area (Å²) in [6.07, 6.45) is 4.63. The molecule has 1 saturated heterocycles. The number of carbonyl (C=O) groups is 2. The Labute approximate surface area is 178 Å². The summed E-state index contributed by atoms with van der Waals surface area (Å²) >= 11 is 0. The van der Waals surface area contributed by atoms with Crippen molar-refractivity contribution >= 4 is 34.2 Å². The number of hydrogen-bond acceptors (Lipinski definition) is 6. The number of nitrogens with one attached hydrogen (secondary N) is 1. The van der Waals surface area contributed by atoms with E-state index in [4.69, 9.17) is 5.73 Å². The molecule has 2 aromatic heterocycles. The Bertz CT molecular complexity index is 1190. The number of aromatic nitrogens is 3. The van der Waals surface area contributed by atoms with Gasteiger partial charge in [-0.05, 0) is 43.5 Å². The van der Waals surface area contributed by atoms with Crippen LogP contribution < -0.4 is 21.5 Å². The first kappa shape index (κ1) is 20.5. The fraction of sp³-hybridized carbons (Fsp3) is 0.318. The van der Waals surface area contributed by atoms with Crippen LogP contribution in [0.4, 0.5) is 11.5 Å². The molecular weight excluding hydrogens is 396 g/mol. The maximum Gasteiger partial charge on any atom is 0.261 e. The molecule has 9 nitrogen and oxygen atoms in total. The van der Waals surface area contributed by atoms with Crippen LogP contribution in [0.25, 0.3) is 10.9 Å². The molecule has 160 valence electrons. The number of nitrogens with zero attached hydrogens (tertiary/aromatic N) is 4. The van der Waals surface area contributed by atoms with Crippen molar-refractivity contribution in [1.29, 1.82) is 0 Å². The van der Waals surface area contributed by atoms with Crippen LogP contribution in [0.15, 0.2) is 47.7 Å². The molecule has 0 spiro atoms. The van der Waals surface area contributed by atoms with E-state index in [1.807, 2.05) is 17.9 Å². The lowest BCUT2D eigenvalue weighted by Gasteiger charge is -2.32. The molecule has 4 rings (SSSR count). The number of rotatable bonds is 5. The van der Waals surface area contributed by atoms with Gasteiger partial charge in [-0.15, -0.1) is 0 Å². The lowest BCUT2D eigenvalue weighted by molar-refractivity contribution is -0.122. The number of carbonyl (C=O) groups excluding carboxylic acids is 2. The van der Waals surface area contributed by atoms with Crippen LogP contribution in [0.3, 0.4) is 0 Å². The minimum Gasteiger partial charge on any atom is -0.369 e. The molecule has 0 bridgehead atoms. The van der Waals surface area contributed by atoms with Crippen LogP contribution in [0.5, 0.6) is 0 Å². The quantitative estimate of drug-likeness (QED) is 0.644. The van der Waals surface area contributed by atoms with Crippen LogP contribution in [0.1, 0.15) is 18.4 Å². The van der Waals surface area contributed by atoms with Gasteiger partial charge in [0.25, 0.3) is 5.56 Å². The van der Waals surface area contributed by atoms with Gasteiger partial charge in [0.2, 0.25) is 11.8 Å². The molecule has 0 aliphatic carbocycles. The first-order chi connectivity index (χ1) is 14.9. The Hall–Kier alpha value is -3.75. The summed E-state index contributed by atoms with van der Waals surface area (Å²) in [5.74, 6) is -0.0822. The fourth-order valence-corrected chi connectivity index (χ4v) is 3.87. The van der Waals surface area contributed by atoms with E-state index in [-0.39, 0.29) is 29.8 Å². The molecule has 0 saturated carbocycles. The van der Waals surface area contributed by atoms with E-state index < -0.39 is 0 Å². The van der Waals surface area contributed by atoms with Crippen LogP contribution in [0, 0.1) is 12.8 Å². The lowest BCUT2D eigenvalue weighted by atomic mass is 9.97. The predicted octanol–water partition coefficient (Wildman–Crippen LogP) is 1.44. The Morgan fingerprint density at radius 1 is 1.23 bits per heavy atom. The van der Waals surface area contributed by atoms with E-state index in [9.17, 15) is 14.4 Å². The second-order valence-electron chi connectivity index (χ2n) is 7.79. The van der Waals surface area contributed by atoms with Gasteiger partial charge in [-0.2, -0.15) is 0 Å². The molecule has 1 unspecified atom stereocenters. The number of benzene rings is 1. The van der Waals surface area contributed by atoms with Gasteiger partial charge in [0.1, 0.15) is 12.4 Å². The first-order valence-electron chi connectivity index (χ1n) is 10.2. The molecule has 0 radical (unpaired) electrons. The smallest absolute Gasteiger partial charge is 0.261 e. The van der Waals surface area contributed by atoms with Crippen molar-refractivity contribution in [3.05, 3.63) is 58.8 Å². The van der Waals surface area contributed by atoms with Gasteiger partial charge in [0.15, 0.2) is 0 Å². The van der Waals surface area contributed by atoms with Crippen molar-refractivity contribution < 1.29 is 9.59 Å². The van der Waals surface area contributed by atoms with Gasteiger partial charge in [-0.1, -0.05) is 12.1 Å². The molecule has 1 atom stereocenters. The van der Waals surface area contributed by atoms with Crippen molar-refractivity contribution in [2.24, 2.45) is 11.7 Å². The van der Waals surface area contributed by atoms with Crippen molar-refractivity contribution in [3.8, 4) is 0 Å². The summed E-state index contributed by atoms with van der Waals surface area (Å²) in [5, 5.41) is 3.24. The zero-order chi connectivity index (χ0) is 22.0. The van der Waals surface area contributed by atoms with Gasteiger partial charge < -0.3 is 16.0 Å². The van der Waals surface area contributed by atoms with E-state index in [1.165, 1.54) is 10.9 Å². The van der Waals surface area contributed by atoms with Gasteiger partial charge in [0.05, 0.1) is 35.0 Å². The standard InChI is InChI=1S/C22H24N6O3/c1-14-4-2-6-17-20(14)25-13-28(22(17)31)12-19(29)26-16-7-8-18(24-10-16)27-9-3-5-15(11-27)21(23)30/h2,4,6-8,10,13,15H,3,5,9,11-12H2,1H3,(H2,23,30)(H,26,29). The molecule has 2 amide bonds. The first-order valence-corrected chi connectivity index (χ1v) is 10.2. The molecular formula is C22H24N6O3. The normalized spacial score (nSPS) is 16.3. The van der Waals surface area contributed by atoms with Crippen LogP contribution in [-0.4, -0.2) is 39.4 Å². The number of pyridine rings is 1. The Kier molecular flexibility index (Phi) is 5.66. The minimum absolute atomic E-state index is 0.149. The van der Waals surface area contributed by atoms with Crippen molar-refractivity contribution in [2.45, 2.75) is 26.3 Å². The number of aryl methyl sites for hydroxylation is 1. The van der Waals surface area contributed by atoms with E-state index in [2.05, 4.69) is 15.3 Å². The van der Waals surface area contributed by atoms with E-state index in [0.717, 1.165) is 30.8 Å². The summed E-state index contributed by atoms with van der Waals surface area (Å²) in [5.41, 5.74) is 7.25. The highest BCUT2D eigenvalue weighted by molar-refractivity contribution is 5.90. The molecule has 3 heterocycles. The number of hydrogen-bond donors (Lipinski definition) is 2. The average molecular weight is 420 g/mol. The third-order valence-electron chi connectivity index (χ3n) is 5.55. The molecule has 1 aliphatic heterocycles. The Balaban J connectivity index is 1.42. The predicted molar refractivity (Wildman–Crippen MR) is 118 cm³/mol. The molecule has 31 heavy (non-hydrogen) atoms. The molecule has 1 fully saturated rings. The summed E-state index contributed by atoms with van der Waals surface area (Å²) in [6.45, 7) is 3.09. The third-order valence-corrected chi connectivity index (χ3v) is 5.55. The maximum atomic E-state index is 12.7. The highest BCUT2D eigenvalue weighted by Crippen LogP contribution is 2.22. The fourth-order valence-electron chi connectivity index (χ4n) is 3.87. The minimum atomic E-state index is -0.350. The summed E-state index contributed by atoms with van der Waals surface area (Å²) in [7, 11) is 0. The van der Waals surface area contributed by atoms with Gasteiger partial charge in [-0.3, -0.25) is 19.0 Å². The number of primary amides is 1. The number of fused-ring (bicyclic) bond motifs is 1. The number of para-hydroxylation sites is 1. The second kappa shape index (κ2) is 8.55. The zero-order valence-electron chi connectivity index (χ0n) is 17.2. The summed E-state index contributed by atoms with van der Waals surface area (Å²) < 4.78 is 1.29. The van der Waals surface area contributed by atoms with Crippen LogP contribution in [-0.2, 0) is 16.1 Å². The summed E-state index contributed by atoms with van der Waals surface area (Å²) in [4.78, 5) is 47.3. The number of nitrogens with two attached hydrogens (primary N) is 1. The van der Waals surface area contributed by atoms with Gasteiger partial charge >= 0.3 is 0 Å². The van der Waals surface area contributed by atoms with E-state index in [1.54, 1.807) is 30.5 Å². The molecule has 3 aromatic rings. The third kappa shape index (κ3) is 4.40. The van der Waals surface area contributed by atoms with E-state index in [0.29, 0.717) is 23.1 Å². The topological polar surface area (TPSA) is 123 Å². The van der Waals surface area contributed by atoms with Gasteiger partial charge in [-0.25, -0.2) is 9.97 Å². The molecule has 1 aliphatic rings. The molecule has 1 aromatic carbocycles. The summed E-state index contributed by atoms with van der Waals surface area (Å²) in [6, 6.07) is 8.94. The molecule has 3 N–H and O–H groups in total. The highest BCUT2D eigenvalue weighted by atomic mass is 16.2. The van der Waals surface area contributed by atoms with Crippen molar-refractivity contribution in [1.82, 2.24) is 14.5 Å². The lowest BCUT2D eigenvalue weighted by Crippen LogP contribution is -2.41. The van der Waals surface area contributed by atoms with Crippen LogP contribution >= 0.6 is 0 Å². The van der Waals surface area contributed by atoms with E-state index >= 15 is 0 Å². The second-order valence-corrected chi connectivity index (χ2v) is 7.79. The van der Waals surface area contributed by atoms with Gasteiger partial charge in [0, 0.05) is 13.1 Å². The van der Waals surface area contributed by atoms with Crippen LogP contribution in [0.2, 0.25) is 0 Å². The SMILES string of the molecule is Cc1cccc2c(=O)n(CC(=O)Nc3ccc(N4CCCC(C(N)=O)C4)nc3)cnc12. The van der Waals surface area contributed by atoms with Crippen molar-refractivity contribution in [3.63, 3.8) is 0 Å². The zero-order valence-corrected chi connectivity index (χ0v) is 17.2. The molecule has 9 heteroatoms. The highest BCUT2D eigenvalue weighted by Gasteiger charge is 2.24. The largest absolute Gasteiger partial charge is 0.369 e. The number of amides is 2.